The largest absolute Gasteiger partial charge is 0.346 e. The van der Waals surface area contributed by atoms with Gasteiger partial charge in [0, 0.05) is 56.2 Å². The van der Waals surface area contributed by atoms with E-state index in [9.17, 15) is 13.0 Å². The molecule has 0 N–H and O–H groups in total. The third-order valence-electron chi connectivity index (χ3n) is 4.35. The van der Waals surface area contributed by atoms with Crippen LogP contribution in [0.15, 0.2) is 0 Å². The van der Waals surface area contributed by atoms with Crippen molar-refractivity contribution in [1.29, 1.82) is 0 Å². The minimum Gasteiger partial charge on any atom is -0.305 e. The molecule has 14 heteroatoms. The van der Waals surface area contributed by atoms with E-state index >= 15 is 0 Å². The standard InChI is InChI=1S/C16H34Cl4N3O4PS.ClH/c1-3-21(4-2)13-15-29(25,26)16-14-27-28(24,22(9-5-17)10-6-18)23(11-7-19)12-8-20;/h3-16H2,1-2H3;1H. The van der Waals surface area contributed by atoms with Crippen LogP contribution in [0.5, 0.6) is 0 Å². The number of halogens is 5. The van der Waals surface area contributed by atoms with E-state index in [1.54, 1.807) is 9.34 Å². The van der Waals surface area contributed by atoms with Crippen LogP contribution >= 0.6 is 66.5 Å². The summed E-state index contributed by atoms with van der Waals surface area (Å²) in [6.07, 6.45) is 0. The molecule has 0 aromatic carbocycles. The Bertz CT molecular complexity index is 541. The lowest BCUT2D eigenvalue weighted by atomic mass is 10.5. The highest BCUT2D eigenvalue weighted by molar-refractivity contribution is 7.91. The van der Waals surface area contributed by atoms with Crippen molar-refractivity contribution in [3.63, 3.8) is 0 Å². The number of hydrogen-bond acceptors (Lipinski definition) is 5. The van der Waals surface area contributed by atoms with Crippen LogP contribution in [0.1, 0.15) is 13.8 Å². The highest BCUT2D eigenvalue weighted by Crippen LogP contribution is 2.54. The summed E-state index contributed by atoms with van der Waals surface area (Å²) < 4.78 is 47.5. The van der Waals surface area contributed by atoms with Crippen molar-refractivity contribution in [2.24, 2.45) is 0 Å². The van der Waals surface area contributed by atoms with Gasteiger partial charge in [0.2, 0.25) is 0 Å². The molecule has 0 fully saturated rings. The van der Waals surface area contributed by atoms with Crippen LogP contribution < -0.4 is 0 Å². The molecule has 0 atom stereocenters. The van der Waals surface area contributed by atoms with Gasteiger partial charge in [-0.2, -0.15) is 0 Å². The van der Waals surface area contributed by atoms with Gasteiger partial charge < -0.3 is 9.42 Å². The zero-order valence-corrected chi connectivity index (χ0v) is 23.2. The van der Waals surface area contributed by atoms with E-state index in [4.69, 9.17) is 50.9 Å². The molecule has 0 unspecified atom stereocenters. The Morgan fingerprint density at radius 1 is 0.767 bits per heavy atom. The van der Waals surface area contributed by atoms with Gasteiger partial charge in [0.15, 0.2) is 9.84 Å². The van der Waals surface area contributed by atoms with E-state index in [-0.39, 0.29) is 80.2 Å². The molecular weight excluding hydrogens is 538 g/mol. The topological polar surface area (TPSA) is 70.2 Å². The fourth-order valence-corrected chi connectivity index (χ4v) is 7.57. The first-order valence-corrected chi connectivity index (χ1v) is 15.2. The fourth-order valence-electron chi connectivity index (χ4n) is 2.65. The Hall–Kier alpha value is 1.47. The fraction of sp³-hybridized carbons (Fsp3) is 1.00. The summed E-state index contributed by atoms with van der Waals surface area (Å²) in [6.45, 7) is 6.93. The Morgan fingerprint density at radius 2 is 1.17 bits per heavy atom. The lowest BCUT2D eigenvalue weighted by Gasteiger charge is -2.37. The highest BCUT2D eigenvalue weighted by Gasteiger charge is 2.38. The third-order valence-corrected chi connectivity index (χ3v) is 9.37. The van der Waals surface area contributed by atoms with E-state index in [0.717, 1.165) is 13.1 Å². The van der Waals surface area contributed by atoms with Gasteiger partial charge in [0.05, 0.1) is 18.1 Å². The van der Waals surface area contributed by atoms with Crippen molar-refractivity contribution in [2.45, 2.75) is 13.8 Å². The molecule has 7 nitrogen and oxygen atoms in total. The molecule has 184 valence electrons. The second-order valence-corrected chi connectivity index (χ2v) is 12.4. The predicted octanol–water partition coefficient (Wildman–Crippen LogP) is 3.85. The molecule has 0 heterocycles. The summed E-state index contributed by atoms with van der Waals surface area (Å²) in [5.74, 6) is 0.708. The average Bonchev–Trinajstić information content (AvgIpc) is 2.68. The van der Waals surface area contributed by atoms with Gasteiger partial charge in [-0.3, -0.25) is 4.57 Å². The maximum Gasteiger partial charge on any atom is 0.346 e. The first-order valence-electron chi connectivity index (χ1n) is 9.66. The summed E-state index contributed by atoms with van der Waals surface area (Å²) >= 11 is 23.5. The molecule has 0 radical (unpaired) electrons. The van der Waals surface area contributed by atoms with E-state index in [0.29, 0.717) is 6.54 Å². The smallest absolute Gasteiger partial charge is 0.305 e. The lowest BCUT2D eigenvalue weighted by Crippen LogP contribution is -2.38. The molecule has 0 rings (SSSR count). The van der Waals surface area contributed by atoms with Crippen LogP contribution in [0.3, 0.4) is 0 Å². The van der Waals surface area contributed by atoms with Crippen LogP contribution in [-0.2, 0) is 18.9 Å². The van der Waals surface area contributed by atoms with Crippen molar-refractivity contribution in [3.05, 3.63) is 0 Å². The maximum atomic E-state index is 13.8. The zero-order chi connectivity index (χ0) is 22.3. The second-order valence-electron chi connectivity index (χ2n) is 6.17. The Labute approximate surface area is 208 Å². The van der Waals surface area contributed by atoms with Crippen LogP contribution in [0, 0.1) is 0 Å². The molecule has 0 aliphatic rings. The van der Waals surface area contributed by atoms with Gasteiger partial charge in [-0.05, 0) is 13.1 Å². The van der Waals surface area contributed by atoms with E-state index in [1.807, 2.05) is 18.7 Å². The molecule has 0 bridgehead atoms. The van der Waals surface area contributed by atoms with Crippen LogP contribution in [-0.4, -0.2) is 110 Å². The van der Waals surface area contributed by atoms with Gasteiger partial charge in [-0.25, -0.2) is 17.8 Å². The van der Waals surface area contributed by atoms with E-state index in [2.05, 4.69) is 0 Å². The summed E-state index contributed by atoms with van der Waals surface area (Å²) in [6, 6.07) is 0. The number of nitrogens with zero attached hydrogens (tertiary/aromatic N) is 3. The molecule has 0 aromatic heterocycles. The maximum absolute atomic E-state index is 13.8. The molecule has 0 saturated heterocycles. The van der Waals surface area contributed by atoms with Crippen LogP contribution in [0.4, 0.5) is 0 Å². The van der Waals surface area contributed by atoms with Crippen LogP contribution in [0.2, 0.25) is 0 Å². The van der Waals surface area contributed by atoms with Gasteiger partial charge in [0.25, 0.3) is 0 Å². The zero-order valence-electron chi connectivity index (χ0n) is 17.6. The number of alkyl halides is 4. The van der Waals surface area contributed by atoms with Crippen molar-refractivity contribution in [2.75, 3.05) is 87.4 Å². The summed E-state index contributed by atoms with van der Waals surface area (Å²) in [5.41, 5.74) is 0. The Kier molecular flexibility index (Phi) is 21.1. The predicted molar refractivity (Wildman–Crippen MR) is 133 cm³/mol. The summed E-state index contributed by atoms with van der Waals surface area (Å²) in [4.78, 5) is 2.04. The number of hydrogen-bond donors (Lipinski definition) is 0. The normalized spacial score (nSPS) is 12.7. The molecule has 0 spiro atoms. The highest BCUT2D eigenvalue weighted by atomic mass is 35.5. The minimum atomic E-state index is -3.59. The molecule has 0 aliphatic heterocycles. The number of rotatable bonds is 19. The van der Waals surface area contributed by atoms with Crippen LogP contribution in [0.25, 0.3) is 0 Å². The Balaban J connectivity index is 0. The quantitative estimate of drug-likeness (QED) is 0.172. The SMILES string of the molecule is CCN(CC)CCS(=O)(=O)CCOP(=O)(N(CCCl)CCCl)N(CCCl)CCCl.Cl. The summed E-state index contributed by atoms with van der Waals surface area (Å²) in [5, 5.41) is 0. The van der Waals surface area contributed by atoms with Gasteiger partial charge in [-0.15, -0.1) is 58.8 Å². The molecule has 30 heavy (non-hydrogen) atoms. The van der Waals surface area contributed by atoms with Gasteiger partial charge >= 0.3 is 7.67 Å². The monoisotopic (exact) mass is 571 g/mol. The summed E-state index contributed by atoms with van der Waals surface area (Å²) in [7, 11) is -6.94. The molecular formula is C16H35Cl5N3O4PS. The molecule has 0 saturated carbocycles. The molecule has 0 aliphatic carbocycles. The molecule has 0 aromatic rings. The molecule has 0 amide bonds. The van der Waals surface area contributed by atoms with Crippen molar-refractivity contribution in [1.82, 2.24) is 14.2 Å². The van der Waals surface area contributed by atoms with E-state index in [1.165, 1.54) is 0 Å². The minimum absolute atomic E-state index is 0. The van der Waals surface area contributed by atoms with E-state index < -0.39 is 17.5 Å². The first-order chi connectivity index (χ1) is 13.7. The second kappa shape index (κ2) is 18.8. The third kappa shape index (κ3) is 12.6. The Morgan fingerprint density at radius 3 is 1.50 bits per heavy atom. The lowest BCUT2D eigenvalue weighted by molar-refractivity contribution is 0.226. The van der Waals surface area contributed by atoms with Gasteiger partial charge in [-0.1, -0.05) is 13.8 Å². The van der Waals surface area contributed by atoms with Crippen molar-refractivity contribution in [3.8, 4) is 0 Å². The first kappa shape index (κ1) is 33.6. The number of sulfone groups is 1. The van der Waals surface area contributed by atoms with Crippen molar-refractivity contribution >= 4 is 76.3 Å². The van der Waals surface area contributed by atoms with Gasteiger partial charge in [0.1, 0.15) is 0 Å². The van der Waals surface area contributed by atoms with Crippen molar-refractivity contribution < 1.29 is 17.5 Å². The average molecular weight is 574 g/mol.